The second-order valence-corrected chi connectivity index (χ2v) is 4.67. The van der Waals surface area contributed by atoms with E-state index in [0.717, 1.165) is 29.0 Å². The van der Waals surface area contributed by atoms with Gasteiger partial charge in [-0.05, 0) is 47.6 Å². The van der Waals surface area contributed by atoms with Crippen LogP contribution < -0.4 is 0 Å². The average molecular weight is 239 g/mol. The van der Waals surface area contributed by atoms with Gasteiger partial charge in [-0.15, -0.1) is 0 Å². The van der Waals surface area contributed by atoms with Crippen molar-refractivity contribution in [1.29, 1.82) is 5.26 Å². The van der Waals surface area contributed by atoms with E-state index in [1.54, 1.807) is 6.33 Å². The molecule has 0 aliphatic heterocycles. The molecule has 0 amide bonds. The van der Waals surface area contributed by atoms with Crippen molar-refractivity contribution in [1.82, 2.24) is 9.36 Å². The highest BCUT2D eigenvalue weighted by atomic mass is 32.1. The van der Waals surface area contributed by atoms with Gasteiger partial charge in [0.15, 0.2) is 0 Å². The number of nitriles is 1. The zero-order valence-electron chi connectivity index (χ0n) is 9.05. The van der Waals surface area contributed by atoms with E-state index in [1.165, 1.54) is 22.7 Å². The Morgan fingerprint density at radius 1 is 1.35 bits per heavy atom. The van der Waals surface area contributed by atoms with Crippen LogP contribution in [0.15, 0.2) is 30.6 Å². The number of fused-ring (bicyclic) bond motifs is 1. The molecule has 0 spiro atoms. The van der Waals surface area contributed by atoms with Crippen molar-refractivity contribution in [2.45, 2.75) is 12.8 Å². The van der Waals surface area contributed by atoms with Crippen molar-refractivity contribution in [3.63, 3.8) is 0 Å². The van der Waals surface area contributed by atoms with Crippen LogP contribution in [0.1, 0.15) is 28.1 Å². The molecule has 1 aliphatic rings. The zero-order valence-corrected chi connectivity index (χ0v) is 9.87. The monoisotopic (exact) mass is 239 g/mol. The lowest BCUT2D eigenvalue weighted by Crippen LogP contribution is -2.01. The van der Waals surface area contributed by atoms with Crippen molar-refractivity contribution in [2.75, 3.05) is 0 Å². The fraction of sp³-hybridized carbons (Fsp3) is 0.154. The first-order chi connectivity index (χ1) is 8.38. The zero-order chi connectivity index (χ0) is 11.7. The van der Waals surface area contributed by atoms with Crippen molar-refractivity contribution in [2.24, 2.45) is 0 Å². The second-order valence-electron chi connectivity index (χ2n) is 3.89. The molecule has 0 atom stereocenters. The van der Waals surface area contributed by atoms with Crippen LogP contribution in [0.2, 0.25) is 0 Å². The lowest BCUT2D eigenvalue weighted by Gasteiger charge is -2.15. The molecule has 4 heteroatoms. The highest BCUT2D eigenvalue weighted by molar-refractivity contribution is 7.06. The summed E-state index contributed by atoms with van der Waals surface area (Å²) >= 11 is 1.41. The van der Waals surface area contributed by atoms with Crippen LogP contribution in [-0.2, 0) is 6.42 Å². The van der Waals surface area contributed by atoms with Gasteiger partial charge >= 0.3 is 0 Å². The molecule has 0 N–H and O–H groups in total. The summed E-state index contributed by atoms with van der Waals surface area (Å²) in [4.78, 5) is 4.26. The van der Waals surface area contributed by atoms with Gasteiger partial charge in [0.1, 0.15) is 11.3 Å². The number of rotatable bonds is 1. The number of nitrogens with zero attached hydrogens (tertiary/aromatic N) is 3. The van der Waals surface area contributed by atoms with E-state index in [9.17, 15) is 0 Å². The van der Waals surface area contributed by atoms with Gasteiger partial charge in [0.05, 0.1) is 11.6 Å². The summed E-state index contributed by atoms with van der Waals surface area (Å²) in [5.74, 6) is 0. The first-order valence-electron chi connectivity index (χ1n) is 5.39. The molecule has 3 nitrogen and oxygen atoms in total. The van der Waals surface area contributed by atoms with E-state index in [4.69, 9.17) is 5.26 Å². The van der Waals surface area contributed by atoms with E-state index in [-0.39, 0.29) is 0 Å². The summed E-state index contributed by atoms with van der Waals surface area (Å²) < 4.78 is 4.04. The van der Waals surface area contributed by atoms with Gasteiger partial charge in [-0.25, -0.2) is 4.98 Å². The number of allylic oxidation sites excluding steroid dienone is 1. The minimum Gasteiger partial charge on any atom is -0.223 e. The molecule has 0 saturated heterocycles. The third-order valence-electron chi connectivity index (χ3n) is 2.88. The Kier molecular flexibility index (Phi) is 2.46. The third-order valence-corrected chi connectivity index (χ3v) is 3.58. The van der Waals surface area contributed by atoms with Crippen LogP contribution in [0.5, 0.6) is 0 Å². The van der Waals surface area contributed by atoms with Crippen LogP contribution >= 0.6 is 11.5 Å². The van der Waals surface area contributed by atoms with Crippen molar-refractivity contribution in [3.8, 4) is 6.07 Å². The van der Waals surface area contributed by atoms with E-state index >= 15 is 0 Å². The summed E-state index contributed by atoms with van der Waals surface area (Å²) in [5.41, 5.74) is 4.30. The fourth-order valence-electron chi connectivity index (χ4n) is 2.11. The van der Waals surface area contributed by atoms with Gasteiger partial charge in [0.2, 0.25) is 0 Å². The summed E-state index contributed by atoms with van der Waals surface area (Å²) in [6, 6.07) is 8.03. The summed E-state index contributed by atoms with van der Waals surface area (Å²) in [6.45, 7) is 0. The minimum atomic E-state index is 0.724. The Balaban J connectivity index is 2.12. The van der Waals surface area contributed by atoms with Gasteiger partial charge in [-0.3, -0.25) is 0 Å². The second kappa shape index (κ2) is 4.11. The molecule has 0 radical (unpaired) electrons. The average Bonchev–Trinajstić information content (AvgIpc) is 2.91. The molecule has 1 aliphatic carbocycles. The fourth-order valence-corrected chi connectivity index (χ4v) is 2.69. The summed E-state index contributed by atoms with van der Waals surface area (Å²) in [6.07, 6.45) is 5.78. The topological polar surface area (TPSA) is 49.6 Å². The largest absolute Gasteiger partial charge is 0.223 e. The molecule has 17 heavy (non-hydrogen) atoms. The maximum Gasteiger partial charge on any atom is 0.143 e. The van der Waals surface area contributed by atoms with Crippen molar-refractivity contribution in [3.05, 3.63) is 52.3 Å². The van der Waals surface area contributed by atoms with E-state index in [2.05, 4.69) is 21.5 Å². The molecule has 2 aromatic rings. The molecular weight excluding hydrogens is 230 g/mol. The molecule has 1 aromatic carbocycles. The Hall–Kier alpha value is -1.99. The Labute approximate surface area is 103 Å². The number of hydrogen-bond acceptors (Lipinski definition) is 4. The van der Waals surface area contributed by atoms with E-state index in [1.807, 2.05) is 18.2 Å². The van der Waals surface area contributed by atoms with Crippen molar-refractivity contribution >= 4 is 17.1 Å². The molecule has 1 heterocycles. The summed E-state index contributed by atoms with van der Waals surface area (Å²) in [5, 5.41) is 9.86. The van der Waals surface area contributed by atoms with Crippen LogP contribution in [0.3, 0.4) is 0 Å². The predicted octanol–water partition coefficient (Wildman–Crippen LogP) is 2.79. The van der Waals surface area contributed by atoms with Gasteiger partial charge in [-0.2, -0.15) is 9.64 Å². The van der Waals surface area contributed by atoms with Crippen LogP contribution in [0.4, 0.5) is 0 Å². The standard InChI is InChI=1S/C13H9N3S/c14-7-9-4-5-11-10(6-9)2-1-3-12(11)13-15-8-16-17-13/h3-6,8H,1-2H2. The van der Waals surface area contributed by atoms with Gasteiger partial charge < -0.3 is 0 Å². The molecule has 3 rings (SSSR count). The number of aryl methyl sites for hydroxylation is 1. The lowest BCUT2D eigenvalue weighted by atomic mass is 9.90. The highest BCUT2D eigenvalue weighted by Crippen LogP contribution is 2.32. The first kappa shape index (κ1) is 10.2. The molecule has 82 valence electrons. The van der Waals surface area contributed by atoms with E-state index < -0.39 is 0 Å². The van der Waals surface area contributed by atoms with Crippen LogP contribution in [-0.4, -0.2) is 9.36 Å². The molecular formula is C13H9N3S. The lowest BCUT2D eigenvalue weighted by molar-refractivity contribution is 0.975. The Bertz CT molecular complexity index is 621. The third kappa shape index (κ3) is 1.75. The van der Waals surface area contributed by atoms with Gasteiger partial charge in [0, 0.05) is 5.57 Å². The van der Waals surface area contributed by atoms with Gasteiger partial charge in [0.25, 0.3) is 0 Å². The van der Waals surface area contributed by atoms with Crippen LogP contribution in [0.25, 0.3) is 5.57 Å². The molecule has 0 bridgehead atoms. The molecule has 1 aromatic heterocycles. The van der Waals surface area contributed by atoms with E-state index in [0.29, 0.717) is 0 Å². The normalized spacial score (nSPS) is 13.7. The van der Waals surface area contributed by atoms with Crippen molar-refractivity contribution < 1.29 is 0 Å². The maximum atomic E-state index is 8.90. The first-order valence-corrected chi connectivity index (χ1v) is 6.16. The SMILES string of the molecule is N#Cc1ccc2c(c1)CCC=C2c1ncns1. The smallest absolute Gasteiger partial charge is 0.143 e. The predicted molar refractivity (Wildman–Crippen MR) is 66.5 cm³/mol. The highest BCUT2D eigenvalue weighted by Gasteiger charge is 2.16. The minimum absolute atomic E-state index is 0.724. The van der Waals surface area contributed by atoms with Crippen LogP contribution in [0, 0.1) is 11.3 Å². The summed E-state index contributed by atoms with van der Waals surface area (Å²) in [7, 11) is 0. The molecule has 0 unspecified atom stereocenters. The maximum absolute atomic E-state index is 8.90. The Morgan fingerprint density at radius 2 is 2.29 bits per heavy atom. The quantitative estimate of drug-likeness (QED) is 0.768. The molecule has 0 fully saturated rings. The molecule has 0 saturated carbocycles. The van der Waals surface area contributed by atoms with Gasteiger partial charge in [-0.1, -0.05) is 12.1 Å². The number of aromatic nitrogens is 2. The number of hydrogen-bond donors (Lipinski definition) is 0. The number of benzene rings is 1. The Morgan fingerprint density at radius 3 is 3.06 bits per heavy atom.